The molecule has 150 valence electrons. The molecule has 9 nitrogen and oxygen atoms in total. The van der Waals surface area contributed by atoms with E-state index in [-0.39, 0.29) is 18.4 Å². The number of aromatic nitrogens is 2. The van der Waals surface area contributed by atoms with Gasteiger partial charge in [0.05, 0.1) is 11.0 Å². The molecule has 1 atom stereocenters. The van der Waals surface area contributed by atoms with Crippen LogP contribution in [0.5, 0.6) is 0 Å². The molecule has 1 aromatic heterocycles. The van der Waals surface area contributed by atoms with E-state index in [1.165, 1.54) is 6.92 Å². The van der Waals surface area contributed by atoms with Crippen molar-refractivity contribution >= 4 is 34.9 Å². The lowest BCUT2D eigenvalue weighted by atomic mass is 10.2. The van der Waals surface area contributed by atoms with Crippen LogP contribution in [0.15, 0.2) is 24.3 Å². The molecule has 2 aromatic rings. The maximum Gasteiger partial charge on any atom is 0.325 e. The third-order valence-electron chi connectivity index (χ3n) is 4.77. The number of urea groups is 1. The maximum atomic E-state index is 12.5. The van der Waals surface area contributed by atoms with Crippen LogP contribution in [0.25, 0.3) is 11.0 Å². The summed E-state index contributed by atoms with van der Waals surface area (Å²) in [6.45, 7) is 3.28. The fourth-order valence-electron chi connectivity index (χ4n) is 3.24. The van der Waals surface area contributed by atoms with Gasteiger partial charge >= 0.3 is 12.0 Å². The van der Waals surface area contributed by atoms with Gasteiger partial charge in [-0.1, -0.05) is 18.6 Å². The van der Waals surface area contributed by atoms with Gasteiger partial charge in [0, 0.05) is 26.1 Å². The zero-order chi connectivity index (χ0) is 20.1. The number of para-hydroxylation sites is 2. The molecule has 1 aromatic carbocycles. The Kier molecular flexibility index (Phi) is 6.13. The van der Waals surface area contributed by atoms with Crippen molar-refractivity contribution in [3.8, 4) is 0 Å². The first-order valence-corrected chi connectivity index (χ1v) is 9.50. The van der Waals surface area contributed by atoms with Crippen molar-refractivity contribution in [2.75, 3.05) is 18.0 Å². The number of carbonyl (C=O) groups is 3. The van der Waals surface area contributed by atoms with Gasteiger partial charge in [0.25, 0.3) is 0 Å². The molecule has 0 radical (unpaired) electrons. The number of imidazole rings is 1. The molecule has 28 heavy (non-hydrogen) atoms. The van der Waals surface area contributed by atoms with Crippen LogP contribution in [-0.2, 0) is 16.1 Å². The molecule has 0 aliphatic carbocycles. The van der Waals surface area contributed by atoms with Gasteiger partial charge in [0.15, 0.2) is 0 Å². The van der Waals surface area contributed by atoms with E-state index in [1.807, 2.05) is 28.8 Å². The zero-order valence-corrected chi connectivity index (χ0v) is 15.9. The second-order valence-electron chi connectivity index (χ2n) is 6.87. The van der Waals surface area contributed by atoms with Crippen LogP contribution in [0.2, 0.25) is 0 Å². The van der Waals surface area contributed by atoms with E-state index in [9.17, 15) is 14.4 Å². The average Bonchev–Trinajstić information content (AvgIpc) is 3.23. The highest BCUT2D eigenvalue weighted by molar-refractivity contribution is 5.93. The molecule has 0 spiro atoms. The molecule has 3 N–H and O–H groups in total. The highest BCUT2D eigenvalue weighted by atomic mass is 16.4. The van der Waals surface area contributed by atoms with E-state index in [2.05, 4.69) is 15.6 Å². The summed E-state index contributed by atoms with van der Waals surface area (Å²) in [5, 5.41) is 14.1. The monoisotopic (exact) mass is 387 g/mol. The fraction of sp³-hybridized carbons (Fsp3) is 0.474. The van der Waals surface area contributed by atoms with Gasteiger partial charge in [-0.2, -0.15) is 0 Å². The van der Waals surface area contributed by atoms with Crippen molar-refractivity contribution in [3.05, 3.63) is 24.3 Å². The Balaban J connectivity index is 1.37. The lowest BCUT2D eigenvalue weighted by Gasteiger charge is -2.15. The van der Waals surface area contributed by atoms with Crippen molar-refractivity contribution < 1.29 is 19.5 Å². The summed E-state index contributed by atoms with van der Waals surface area (Å²) in [5.41, 5.74) is 1.91. The SMILES string of the molecule is C[C@H](NC(=O)CCCCCNC(=O)N1CCn2c1nc1ccccc12)C(=O)O. The molecule has 1 aliphatic rings. The van der Waals surface area contributed by atoms with Crippen molar-refractivity contribution in [3.63, 3.8) is 0 Å². The molecular weight excluding hydrogens is 362 g/mol. The first kappa shape index (κ1) is 19.7. The summed E-state index contributed by atoms with van der Waals surface area (Å²) in [5.74, 6) is -0.649. The van der Waals surface area contributed by atoms with Gasteiger partial charge in [-0.05, 0) is 31.9 Å². The van der Waals surface area contributed by atoms with E-state index in [4.69, 9.17) is 5.11 Å². The Morgan fingerprint density at radius 3 is 2.75 bits per heavy atom. The topological polar surface area (TPSA) is 117 Å². The molecule has 3 amide bonds. The lowest BCUT2D eigenvalue weighted by Crippen LogP contribution is -2.39. The summed E-state index contributed by atoms with van der Waals surface area (Å²) in [6.07, 6.45) is 2.45. The van der Waals surface area contributed by atoms with Gasteiger partial charge in [-0.25, -0.2) is 9.78 Å². The number of carboxylic acids is 1. The third-order valence-corrected chi connectivity index (χ3v) is 4.77. The number of nitrogens with one attached hydrogen (secondary N) is 2. The van der Waals surface area contributed by atoms with E-state index in [0.29, 0.717) is 25.5 Å². The fourth-order valence-corrected chi connectivity index (χ4v) is 3.24. The number of hydrogen-bond acceptors (Lipinski definition) is 4. The van der Waals surface area contributed by atoms with Crippen LogP contribution in [0.3, 0.4) is 0 Å². The normalized spacial score (nSPS) is 14.0. The maximum absolute atomic E-state index is 12.5. The van der Waals surface area contributed by atoms with E-state index < -0.39 is 12.0 Å². The minimum atomic E-state index is -1.05. The first-order valence-electron chi connectivity index (χ1n) is 9.50. The number of aliphatic carboxylic acids is 1. The largest absolute Gasteiger partial charge is 0.480 e. The summed E-state index contributed by atoms with van der Waals surface area (Å²) >= 11 is 0. The highest BCUT2D eigenvalue weighted by Crippen LogP contribution is 2.26. The molecule has 0 unspecified atom stereocenters. The Hall–Kier alpha value is -3.10. The number of amides is 3. The molecule has 0 fully saturated rings. The van der Waals surface area contributed by atoms with Crippen LogP contribution in [0.4, 0.5) is 10.7 Å². The number of fused-ring (bicyclic) bond motifs is 3. The molecule has 3 rings (SSSR count). The first-order chi connectivity index (χ1) is 13.5. The number of carbonyl (C=O) groups excluding carboxylic acids is 2. The number of hydrogen-bond donors (Lipinski definition) is 3. The lowest BCUT2D eigenvalue weighted by molar-refractivity contribution is -0.141. The van der Waals surface area contributed by atoms with Crippen LogP contribution < -0.4 is 15.5 Å². The number of anilines is 1. The number of rotatable bonds is 8. The molecule has 0 bridgehead atoms. The third kappa shape index (κ3) is 4.41. The van der Waals surface area contributed by atoms with Gasteiger partial charge in [-0.3, -0.25) is 14.5 Å². The Labute approximate surface area is 162 Å². The van der Waals surface area contributed by atoms with Gasteiger partial charge in [0.2, 0.25) is 11.9 Å². The Bertz CT molecular complexity index is 878. The summed E-state index contributed by atoms with van der Waals surface area (Å²) in [4.78, 5) is 40.9. The molecule has 0 saturated carbocycles. The van der Waals surface area contributed by atoms with E-state index >= 15 is 0 Å². The number of unbranched alkanes of at least 4 members (excludes halogenated alkanes) is 2. The minimum absolute atomic E-state index is 0.165. The molecular formula is C19H25N5O4. The summed E-state index contributed by atoms with van der Waals surface area (Å²) in [7, 11) is 0. The predicted octanol–water partition coefficient (Wildman–Crippen LogP) is 1.72. The van der Waals surface area contributed by atoms with E-state index in [1.54, 1.807) is 4.90 Å². The van der Waals surface area contributed by atoms with Gasteiger partial charge in [-0.15, -0.1) is 0 Å². The van der Waals surface area contributed by atoms with E-state index in [0.717, 1.165) is 30.4 Å². The molecule has 9 heteroatoms. The van der Waals surface area contributed by atoms with Crippen molar-refractivity contribution in [1.29, 1.82) is 0 Å². The number of benzene rings is 1. The Morgan fingerprint density at radius 1 is 1.18 bits per heavy atom. The van der Waals surface area contributed by atoms with Gasteiger partial charge in [0.1, 0.15) is 6.04 Å². The minimum Gasteiger partial charge on any atom is -0.480 e. The average molecular weight is 387 g/mol. The zero-order valence-electron chi connectivity index (χ0n) is 15.9. The number of carboxylic acid groups (broad SMARTS) is 1. The standard InChI is InChI=1S/C19H25N5O4/c1-13(17(26)27)21-16(25)9-3-2-6-10-20-19(28)24-12-11-23-15-8-5-4-7-14(15)22-18(23)24/h4-5,7-8,13H,2-3,6,9-12H2,1H3,(H,20,28)(H,21,25)(H,26,27)/t13-/m0/s1. The van der Waals surface area contributed by atoms with Crippen LogP contribution in [0.1, 0.15) is 32.6 Å². The predicted molar refractivity (Wildman–Crippen MR) is 104 cm³/mol. The molecule has 0 saturated heterocycles. The van der Waals surface area contributed by atoms with Crippen LogP contribution in [0, 0.1) is 0 Å². The van der Waals surface area contributed by atoms with Crippen LogP contribution >= 0.6 is 0 Å². The van der Waals surface area contributed by atoms with Crippen molar-refractivity contribution in [2.45, 2.75) is 45.2 Å². The summed E-state index contributed by atoms with van der Waals surface area (Å²) in [6, 6.07) is 6.78. The molecule has 2 heterocycles. The highest BCUT2D eigenvalue weighted by Gasteiger charge is 2.27. The second kappa shape index (κ2) is 8.73. The van der Waals surface area contributed by atoms with Gasteiger partial charge < -0.3 is 20.3 Å². The smallest absolute Gasteiger partial charge is 0.325 e. The number of nitrogens with zero attached hydrogens (tertiary/aromatic N) is 3. The quantitative estimate of drug-likeness (QED) is 0.596. The molecule has 1 aliphatic heterocycles. The van der Waals surface area contributed by atoms with Crippen molar-refractivity contribution in [2.24, 2.45) is 0 Å². The Morgan fingerprint density at radius 2 is 1.96 bits per heavy atom. The second-order valence-corrected chi connectivity index (χ2v) is 6.87. The summed E-state index contributed by atoms with van der Waals surface area (Å²) < 4.78 is 2.05. The van der Waals surface area contributed by atoms with Crippen molar-refractivity contribution in [1.82, 2.24) is 20.2 Å². The van der Waals surface area contributed by atoms with Crippen LogP contribution in [-0.4, -0.2) is 51.7 Å².